The van der Waals surface area contributed by atoms with Crippen molar-refractivity contribution in [1.82, 2.24) is 9.97 Å². The zero-order valence-corrected chi connectivity index (χ0v) is 10.2. The van der Waals surface area contributed by atoms with Crippen LogP contribution in [0.5, 0.6) is 0 Å². The first-order chi connectivity index (χ1) is 7.70. The van der Waals surface area contributed by atoms with Crippen molar-refractivity contribution in [2.24, 2.45) is 11.7 Å². The molecule has 1 aromatic rings. The molecule has 2 heterocycles. The van der Waals surface area contributed by atoms with Crippen LogP contribution in [-0.2, 0) is 0 Å². The molecule has 5 heteroatoms. The van der Waals surface area contributed by atoms with Gasteiger partial charge in [-0.3, -0.25) is 4.98 Å². The van der Waals surface area contributed by atoms with Crippen molar-refractivity contribution >= 4 is 17.4 Å². The third-order valence-corrected chi connectivity index (χ3v) is 3.42. The Kier molecular flexibility index (Phi) is 3.61. The largest absolute Gasteiger partial charge is 0.355 e. The third kappa shape index (κ3) is 2.44. The highest BCUT2D eigenvalue weighted by Gasteiger charge is 2.26. The molecule has 1 saturated heterocycles. The van der Waals surface area contributed by atoms with Crippen molar-refractivity contribution in [2.75, 3.05) is 18.0 Å². The lowest BCUT2D eigenvalue weighted by Gasteiger charge is -2.37. The average Bonchev–Trinajstić information content (AvgIpc) is 2.29. The zero-order chi connectivity index (χ0) is 11.5. The van der Waals surface area contributed by atoms with Gasteiger partial charge in [-0.1, -0.05) is 24.9 Å². The van der Waals surface area contributed by atoms with Gasteiger partial charge in [0.1, 0.15) is 11.0 Å². The molecule has 1 aromatic heterocycles. The van der Waals surface area contributed by atoms with Crippen LogP contribution in [0.3, 0.4) is 0 Å². The summed E-state index contributed by atoms with van der Waals surface area (Å²) in [6.45, 7) is 4.07. The Morgan fingerprint density at radius 2 is 2.38 bits per heavy atom. The van der Waals surface area contributed by atoms with Crippen LogP contribution in [0.1, 0.15) is 19.8 Å². The number of nitrogens with two attached hydrogens (primary N) is 1. The van der Waals surface area contributed by atoms with Crippen LogP contribution < -0.4 is 10.6 Å². The smallest absolute Gasteiger partial charge is 0.149 e. The lowest BCUT2D eigenvalue weighted by Crippen LogP contribution is -2.47. The topological polar surface area (TPSA) is 55.0 Å². The fraction of sp³-hybridized carbons (Fsp3) is 0.636. The van der Waals surface area contributed by atoms with Crippen molar-refractivity contribution in [2.45, 2.75) is 25.8 Å². The molecule has 4 nitrogen and oxygen atoms in total. The molecule has 0 amide bonds. The lowest BCUT2D eigenvalue weighted by molar-refractivity contribution is 0.346. The molecule has 2 unspecified atom stereocenters. The molecule has 0 saturated carbocycles. The van der Waals surface area contributed by atoms with Gasteiger partial charge in [0.25, 0.3) is 0 Å². The van der Waals surface area contributed by atoms with E-state index < -0.39 is 0 Å². The number of nitrogens with zero attached hydrogens (tertiary/aromatic N) is 3. The standard InChI is InChI=1S/C11H17ClN4/c1-2-8-7-16(4-3-9(8)13)11-6-14-5-10(12)15-11/h5-6,8-9H,2-4,7,13H2,1H3. The predicted octanol–water partition coefficient (Wildman–Crippen LogP) is 1.69. The molecule has 0 aliphatic carbocycles. The lowest BCUT2D eigenvalue weighted by atomic mass is 9.91. The number of hydrogen-bond donors (Lipinski definition) is 1. The molecule has 1 aliphatic heterocycles. The Bertz CT molecular complexity index is 358. The molecular weight excluding hydrogens is 224 g/mol. The van der Waals surface area contributed by atoms with Gasteiger partial charge in [0.05, 0.1) is 12.4 Å². The van der Waals surface area contributed by atoms with E-state index >= 15 is 0 Å². The van der Waals surface area contributed by atoms with Crippen LogP contribution in [0.25, 0.3) is 0 Å². The van der Waals surface area contributed by atoms with E-state index in [-0.39, 0.29) is 0 Å². The van der Waals surface area contributed by atoms with E-state index in [0.717, 1.165) is 31.7 Å². The number of rotatable bonds is 2. The summed E-state index contributed by atoms with van der Waals surface area (Å²) in [7, 11) is 0. The Labute approximate surface area is 101 Å². The van der Waals surface area contributed by atoms with Crippen LogP contribution in [0.2, 0.25) is 5.15 Å². The summed E-state index contributed by atoms with van der Waals surface area (Å²) in [5, 5.41) is 0.445. The summed E-state index contributed by atoms with van der Waals surface area (Å²) < 4.78 is 0. The maximum absolute atomic E-state index is 6.07. The molecule has 2 rings (SSSR count). The summed E-state index contributed by atoms with van der Waals surface area (Å²) in [5.74, 6) is 1.40. The number of piperidine rings is 1. The normalized spacial score (nSPS) is 25.8. The number of anilines is 1. The quantitative estimate of drug-likeness (QED) is 0.855. The maximum Gasteiger partial charge on any atom is 0.149 e. The first-order valence-corrected chi connectivity index (χ1v) is 6.06. The monoisotopic (exact) mass is 240 g/mol. The molecule has 0 bridgehead atoms. The van der Waals surface area contributed by atoms with Crippen molar-refractivity contribution in [3.8, 4) is 0 Å². The van der Waals surface area contributed by atoms with Gasteiger partial charge in [-0.2, -0.15) is 0 Å². The summed E-state index contributed by atoms with van der Waals surface area (Å²) in [4.78, 5) is 10.6. The number of halogens is 1. The Morgan fingerprint density at radius 3 is 3.06 bits per heavy atom. The third-order valence-electron chi connectivity index (χ3n) is 3.23. The van der Waals surface area contributed by atoms with Crippen LogP contribution >= 0.6 is 11.6 Å². The molecule has 2 N–H and O–H groups in total. The van der Waals surface area contributed by atoms with Crippen LogP contribution in [0, 0.1) is 5.92 Å². The molecule has 0 spiro atoms. The number of hydrogen-bond acceptors (Lipinski definition) is 4. The second-order valence-electron chi connectivity index (χ2n) is 4.27. The highest BCUT2D eigenvalue weighted by molar-refractivity contribution is 6.29. The van der Waals surface area contributed by atoms with E-state index in [2.05, 4.69) is 21.8 Å². The average molecular weight is 241 g/mol. The van der Waals surface area contributed by atoms with Crippen LogP contribution in [0.4, 0.5) is 5.82 Å². The zero-order valence-electron chi connectivity index (χ0n) is 9.43. The first-order valence-electron chi connectivity index (χ1n) is 5.68. The minimum atomic E-state index is 0.313. The molecule has 2 atom stereocenters. The summed E-state index contributed by atoms with van der Waals surface area (Å²) in [5.41, 5.74) is 6.07. The van der Waals surface area contributed by atoms with Crippen molar-refractivity contribution in [1.29, 1.82) is 0 Å². The van der Waals surface area contributed by atoms with Gasteiger partial charge in [-0.15, -0.1) is 0 Å². The highest BCUT2D eigenvalue weighted by atomic mass is 35.5. The van der Waals surface area contributed by atoms with E-state index in [1.165, 1.54) is 0 Å². The van der Waals surface area contributed by atoms with E-state index in [4.69, 9.17) is 17.3 Å². The Morgan fingerprint density at radius 1 is 1.56 bits per heavy atom. The molecule has 0 radical (unpaired) electrons. The highest BCUT2D eigenvalue weighted by Crippen LogP contribution is 2.23. The van der Waals surface area contributed by atoms with Crippen molar-refractivity contribution < 1.29 is 0 Å². The predicted molar refractivity (Wildman–Crippen MR) is 65.6 cm³/mol. The summed E-state index contributed by atoms with van der Waals surface area (Å²) in [6, 6.07) is 0.313. The minimum Gasteiger partial charge on any atom is -0.355 e. The molecule has 1 fully saturated rings. The second-order valence-corrected chi connectivity index (χ2v) is 4.65. The molecular formula is C11H17ClN4. The Hall–Kier alpha value is -0.870. The molecule has 0 aromatic carbocycles. The van der Waals surface area contributed by atoms with Gasteiger partial charge < -0.3 is 10.6 Å². The maximum atomic E-state index is 6.07. The van der Waals surface area contributed by atoms with E-state index in [1.54, 1.807) is 12.4 Å². The fourth-order valence-corrected chi connectivity index (χ4v) is 2.32. The van der Waals surface area contributed by atoms with Gasteiger partial charge in [-0.05, 0) is 12.3 Å². The van der Waals surface area contributed by atoms with E-state index in [1.807, 2.05) is 0 Å². The number of aromatic nitrogens is 2. The van der Waals surface area contributed by atoms with Gasteiger partial charge in [-0.25, -0.2) is 4.98 Å². The van der Waals surface area contributed by atoms with Gasteiger partial charge in [0.2, 0.25) is 0 Å². The van der Waals surface area contributed by atoms with Gasteiger partial charge in [0.15, 0.2) is 0 Å². The summed E-state index contributed by atoms with van der Waals surface area (Å²) in [6.07, 6.45) is 5.42. The minimum absolute atomic E-state index is 0.313. The SMILES string of the molecule is CCC1CN(c2cncc(Cl)n2)CCC1N. The van der Waals surface area contributed by atoms with Gasteiger partial charge in [0, 0.05) is 19.1 Å². The van der Waals surface area contributed by atoms with Crippen molar-refractivity contribution in [3.63, 3.8) is 0 Å². The first kappa shape index (κ1) is 11.6. The van der Waals surface area contributed by atoms with E-state index in [0.29, 0.717) is 17.1 Å². The fourth-order valence-electron chi connectivity index (χ4n) is 2.18. The van der Waals surface area contributed by atoms with Crippen molar-refractivity contribution in [3.05, 3.63) is 17.5 Å². The molecule has 1 aliphatic rings. The summed E-state index contributed by atoms with van der Waals surface area (Å²) >= 11 is 5.84. The van der Waals surface area contributed by atoms with Gasteiger partial charge >= 0.3 is 0 Å². The molecule has 16 heavy (non-hydrogen) atoms. The van der Waals surface area contributed by atoms with Crippen LogP contribution in [0.15, 0.2) is 12.4 Å². The molecule has 88 valence electrons. The van der Waals surface area contributed by atoms with Crippen LogP contribution in [-0.4, -0.2) is 29.1 Å². The second kappa shape index (κ2) is 4.97. The van der Waals surface area contributed by atoms with E-state index in [9.17, 15) is 0 Å². The Balaban J connectivity index is 2.11.